The van der Waals surface area contributed by atoms with Crippen LogP contribution in [0.3, 0.4) is 0 Å². The summed E-state index contributed by atoms with van der Waals surface area (Å²) in [6.45, 7) is 7.40. The number of Topliss-reactive ketones (excluding diaryl/α,β-unsaturated/α-hetero) is 1. The summed E-state index contributed by atoms with van der Waals surface area (Å²) in [6, 6.07) is 18.5. The molecule has 0 radical (unpaired) electrons. The normalized spacial score (nSPS) is 15.7. The number of nitrogens with zero attached hydrogens (tertiary/aromatic N) is 3. The fourth-order valence-corrected chi connectivity index (χ4v) is 3.89. The third kappa shape index (κ3) is 3.87. The molecule has 0 bridgehead atoms. The largest absolute Gasteiger partial charge is 0.456 e. The molecule has 152 valence electrons. The highest BCUT2D eigenvalue weighted by molar-refractivity contribution is 6.04. The van der Waals surface area contributed by atoms with Gasteiger partial charge >= 0.3 is 0 Å². The van der Waals surface area contributed by atoms with Gasteiger partial charge in [-0.25, -0.2) is 0 Å². The van der Waals surface area contributed by atoms with E-state index in [4.69, 9.17) is 4.42 Å². The molecule has 3 aromatic rings. The maximum Gasteiger partial charge on any atom is 0.170 e. The smallest absolute Gasteiger partial charge is 0.170 e. The lowest BCUT2D eigenvalue weighted by Crippen LogP contribution is -2.44. The predicted octanol–water partition coefficient (Wildman–Crippen LogP) is 4.74. The number of likely N-dealkylation sites (N-methyl/N-ethyl adjacent to an activating group) is 1. The molecule has 0 spiro atoms. The predicted molar refractivity (Wildman–Crippen MR) is 120 cm³/mol. The number of allylic oxidation sites excluding steroid dienone is 2. The summed E-state index contributed by atoms with van der Waals surface area (Å²) >= 11 is 0. The molecule has 0 aliphatic carbocycles. The summed E-state index contributed by atoms with van der Waals surface area (Å²) < 4.78 is 5.97. The molecule has 0 saturated carbocycles. The molecule has 4 rings (SSSR count). The Labute approximate surface area is 176 Å². The highest BCUT2D eigenvalue weighted by Gasteiger charge is 2.16. The molecule has 0 unspecified atom stereocenters. The third-order valence-corrected chi connectivity index (χ3v) is 5.79. The fraction of sp³-hybridized carbons (Fsp3) is 0.280. The third-order valence-electron chi connectivity index (χ3n) is 5.79. The van der Waals surface area contributed by atoms with E-state index in [2.05, 4.69) is 47.2 Å². The fourth-order valence-electron chi connectivity index (χ4n) is 3.89. The van der Waals surface area contributed by atoms with Crippen LogP contribution in [-0.2, 0) is 4.79 Å². The topological polar surface area (TPSA) is 60.5 Å². The molecule has 1 aromatic heterocycles. The molecule has 2 heterocycles. The van der Waals surface area contributed by atoms with Gasteiger partial charge in [-0.2, -0.15) is 5.26 Å². The monoisotopic (exact) mass is 399 g/mol. The molecule has 0 N–H and O–H groups in total. The van der Waals surface area contributed by atoms with Crippen molar-refractivity contribution in [3.05, 3.63) is 59.9 Å². The minimum absolute atomic E-state index is 0.130. The van der Waals surface area contributed by atoms with Gasteiger partial charge in [0, 0.05) is 43.0 Å². The van der Waals surface area contributed by atoms with Crippen molar-refractivity contribution in [2.24, 2.45) is 0 Å². The van der Waals surface area contributed by atoms with Crippen molar-refractivity contribution in [2.45, 2.75) is 13.8 Å². The van der Waals surface area contributed by atoms with Gasteiger partial charge in [-0.1, -0.05) is 18.2 Å². The van der Waals surface area contributed by atoms with Crippen LogP contribution in [0.2, 0.25) is 0 Å². The van der Waals surface area contributed by atoms with Gasteiger partial charge in [0.15, 0.2) is 5.78 Å². The van der Waals surface area contributed by atoms with Gasteiger partial charge in [0.25, 0.3) is 0 Å². The highest BCUT2D eigenvalue weighted by atomic mass is 16.3. The number of fused-ring (bicyclic) bond motifs is 1. The molecular weight excluding hydrogens is 374 g/mol. The summed E-state index contributed by atoms with van der Waals surface area (Å²) in [5.41, 5.74) is 2.92. The number of hydrogen-bond donors (Lipinski definition) is 0. The lowest BCUT2D eigenvalue weighted by Gasteiger charge is -2.34. The maximum atomic E-state index is 11.6. The van der Waals surface area contributed by atoms with Crippen LogP contribution in [0.5, 0.6) is 0 Å². The number of hydrogen-bond acceptors (Lipinski definition) is 5. The van der Waals surface area contributed by atoms with Crippen LogP contribution >= 0.6 is 0 Å². The van der Waals surface area contributed by atoms with E-state index in [0.717, 1.165) is 42.9 Å². The first-order valence-corrected chi connectivity index (χ1v) is 10.2. The zero-order valence-electron chi connectivity index (χ0n) is 17.6. The first kappa shape index (κ1) is 19.9. The molecule has 0 atom stereocenters. The Hall–Kier alpha value is -3.36. The summed E-state index contributed by atoms with van der Waals surface area (Å²) in [5, 5.41) is 11.6. The molecule has 1 fully saturated rings. The Morgan fingerprint density at radius 2 is 1.67 bits per heavy atom. The zero-order valence-corrected chi connectivity index (χ0v) is 17.6. The first-order chi connectivity index (χ1) is 14.5. The van der Waals surface area contributed by atoms with Crippen molar-refractivity contribution >= 4 is 27.8 Å². The number of carbonyl (C=O) groups is 1. The molecule has 5 nitrogen and oxygen atoms in total. The Kier molecular flexibility index (Phi) is 5.43. The average Bonchev–Trinajstić information content (AvgIpc) is 3.24. The maximum absolute atomic E-state index is 11.6. The van der Waals surface area contributed by atoms with Gasteiger partial charge in [-0.3, -0.25) is 4.79 Å². The van der Waals surface area contributed by atoms with Crippen molar-refractivity contribution in [2.75, 3.05) is 38.1 Å². The summed E-state index contributed by atoms with van der Waals surface area (Å²) in [4.78, 5) is 16.4. The highest BCUT2D eigenvalue weighted by Crippen LogP contribution is 2.31. The quantitative estimate of drug-likeness (QED) is 0.469. The van der Waals surface area contributed by atoms with Crippen LogP contribution in [0.15, 0.2) is 58.5 Å². The molecule has 1 aliphatic rings. The van der Waals surface area contributed by atoms with E-state index in [9.17, 15) is 10.1 Å². The van der Waals surface area contributed by atoms with E-state index in [0.29, 0.717) is 11.3 Å². The number of piperazine rings is 1. The van der Waals surface area contributed by atoms with Crippen LogP contribution in [0.1, 0.15) is 19.6 Å². The molecule has 1 aliphatic heterocycles. The van der Waals surface area contributed by atoms with Crippen LogP contribution in [0, 0.1) is 11.3 Å². The number of carbonyl (C=O) groups excluding carboxylic acids is 1. The molecule has 1 saturated heterocycles. The van der Waals surface area contributed by atoms with E-state index in [1.165, 1.54) is 18.0 Å². The number of rotatable bonds is 4. The van der Waals surface area contributed by atoms with E-state index in [1.54, 1.807) is 6.92 Å². The van der Waals surface area contributed by atoms with Gasteiger partial charge in [0.2, 0.25) is 0 Å². The van der Waals surface area contributed by atoms with Gasteiger partial charge in [-0.05, 0) is 62.0 Å². The van der Waals surface area contributed by atoms with Crippen LogP contribution in [0.4, 0.5) is 5.69 Å². The lowest BCUT2D eigenvalue weighted by molar-refractivity contribution is -0.113. The summed E-state index contributed by atoms with van der Waals surface area (Å²) in [7, 11) is 2.16. The zero-order chi connectivity index (χ0) is 21.3. The lowest BCUT2D eigenvalue weighted by atomic mass is 10.0. The number of benzene rings is 2. The Balaban J connectivity index is 1.62. The van der Waals surface area contributed by atoms with Gasteiger partial charge in [-0.15, -0.1) is 0 Å². The van der Waals surface area contributed by atoms with Gasteiger partial charge in [0.1, 0.15) is 23.2 Å². The second-order valence-corrected chi connectivity index (χ2v) is 7.87. The van der Waals surface area contributed by atoms with Crippen molar-refractivity contribution in [3.63, 3.8) is 0 Å². The van der Waals surface area contributed by atoms with Gasteiger partial charge in [0.05, 0.1) is 0 Å². The summed E-state index contributed by atoms with van der Waals surface area (Å²) in [6.07, 6.45) is 0. The van der Waals surface area contributed by atoms with Crippen molar-refractivity contribution in [1.29, 1.82) is 5.26 Å². The number of anilines is 1. The van der Waals surface area contributed by atoms with Crippen LogP contribution < -0.4 is 4.90 Å². The average molecular weight is 399 g/mol. The van der Waals surface area contributed by atoms with Crippen molar-refractivity contribution in [1.82, 2.24) is 4.90 Å². The minimum Gasteiger partial charge on any atom is -0.456 e. The van der Waals surface area contributed by atoms with Crippen molar-refractivity contribution in [3.8, 4) is 17.4 Å². The number of furan rings is 1. The molecule has 2 aromatic carbocycles. The molecule has 30 heavy (non-hydrogen) atoms. The minimum atomic E-state index is -0.255. The van der Waals surface area contributed by atoms with E-state index >= 15 is 0 Å². The first-order valence-electron chi connectivity index (χ1n) is 10.2. The van der Waals surface area contributed by atoms with Crippen molar-refractivity contribution < 1.29 is 9.21 Å². The molecule has 0 amide bonds. The van der Waals surface area contributed by atoms with Gasteiger partial charge < -0.3 is 14.2 Å². The van der Waals surface area contributed by atoms with E-state index in [1.807, 2.05) is 24.3 Å². The Bertz CT molecular complexity index is 1170. The molecular formula is C25H25N3O2. The second kappa shape index (κ2) is 8.17. The number of ketones is 1. The van der Waals surface area contributed by atoms with E-state index < -0.39 is 0 Å². The number of nitriles is 1. The second-order valence-electron chi connectivity index (χ2n) is 7.87. The Morgan fingerprint density at radius 1 is 0.967 bits per heavy atom. The Morgan fingerprint density at radius 3 is 2.37 bits per heavy atom. The van der Waals surface area contributed by atoms with Crippen LogP contribution in [0.25, 0.3) is 27.7 Å². The molecule has 5 heteroatoms. The van der Waals surface area contributed by atoms with E-state index in [-0.39, 0.29) is 11.4 Å². The summed E-state index contributed by atoms with van der Waals surface area (Å²) in [5.74, 6) is 1.01. The standard InChI is InChI=1S/C25H25N3O2/c1-17(23(16-26)18(2)29)24-8-9-25(30-24)21-5-4-20-15-22(7-6-19(20)14-21)28-12-10-27(3)11-13-28/h4-9,14-15H,10-13H2,1-3H3. The van der Waals surface area contributed by atoms with Crippen LogP contribution in [-0.4, -0.2) is 43.9 Å². The SMILES string of the molecule is CC(=O)C(C#N)=C(C)c1ccc(-c2ccc3cc(N4CCN(C)CC4)ccc3c2)o1.